The van der Waals surface area contributed by atoms with E-state index in [0.717, 1.165) is 56.0 Å². The maximum absolute atomic E-state index is 14.3. The van der Waals surface area contributed by atoms with E-state index in [1.165, 1.54) is 5.56 Å². The number of carbonyl (C=O) groups is 1. The molecule has 0 radical (unpaired) electrons. The van der Waals surface area contributed by atoms with Gasteiger partial charge in [0.2, 0.25) is 0 Å². The molecular formula is C30H30N4OS. The van der Waals surface area contributed by atoms with Crippen molar-refractivity contribution in [2.24, 2.45) is 0 Å². The molecule has 2 heterocycles. The summed E-state index contributed by atoms with van der Waals surface area (Å²) in [4.78, 5) is 28.1. The van der Waals surface area contributed by atoms with E-state index in [0.29, 0.717) is 12.1 Å². The number of hydrogen-bond acceptors (Lipinski definition) is 5. The van der Waals surface area contributed by atoms with Crippen molar-refractivity contribution in [1.82, 2.24) is 14.9 Å². The smallest absolute Gasteiger partial charge is 0.260 e. The van der Waals surface area contributed by atoms with E-state index in [4.69, 9.17) is 9.97 Å². The molecule has 0 aliphatic carbocycles. The third-order valence-corrected chi connectivity index (χ3v) is 7.32. The fourth-order valence-corrected chi connectivity index (χ4v) is 5.72. The first-order valence-electron chi connectivity index (χ1n) is 12.2. The van der Waals surface area contributed by atoms with Crippen LogP contribution in [0.1, 0.15) is 27.9 Å². The number of aromatic nitrogens is 2. The summed E-state index contributed by atoms with van der Waals surface area (Å²) in [6, 6.07) is 24.1. The predicted molar refractivity (Wildman–Crippen MR) is 151 cm³/mol. The van der Waals surface area contributed by atoms with Crippen LogP contribution in [0.15, 0.2) is 72.8 Å². The number of fused-ring (bicyclic) bond motifs is 2. The van der Waals surface area contributed by atoms with Gasteiger partial charge in [0.15, 0.2) is 5.13 Å². The largest absolute Gasteiger partial charge is 0.309 e. The van der Waals surface area contributed by atoms with Crippen LogP contribution in [-0.2, 0) is 0 Å². The van der Waals surface area contributed by atoms with Gasteiger partial charge in [-0.1, -0.05) is 65.9 Å². The van der Waals surface area contributed by atoms with Gasteiger partial charge in [0.1, 0.15) is 0 Å². The summed E-state index contributed by atoms with van der Waals surface area (Å²) < 4.78 is 1.11. The zero-order valence-corrected chi connectivity index (χ0v) is 22.0. The average Bonchev–Trinajstić information content (AvgIpc) is 3.30. The molecule has 0 bridgehead atoms. The number of amides is 1. The van der Waals surface area contributed by atoms with Gasteiger partial charge in [0.25, 0.3) is 5.91 Å². The number of para-hydroxylation sites is 1. The van der Waals surface area contributed by atoms with Crippen molar-refractivity contribution in [1.29, 1.82) is 0 Å². The molecule has 1 amide bonds. The summed E-state index contributed by atoms with van der Waals surface area (Å²) in [5.41, 5.74) is 6.55. The quantitative estimate of drug-likeness (QED) is 0.252. The third-order valence-electron chi connectivity index (χ3n) is 6.30. The molecule has 0 fully saturated rings. The Morgan fingerprint density at radius 2 is 1.64 bits per heavy atom. The van der Waals surface area contributed by atoms with Gasteiger partial charge in [-0.2, -0.15) is 0 Å². The second-order valence-electron chi connectivity index (χ2n) is 9.48. The standard InChI is InChI=1S/C30H30N4OS/c1-20-17-21(2)28-27(18-20)36-30(32-28)34(16-10-15-33(3)4)29(35)24-19-26(22-11-6-5-7-12-22)31-25-14-9-8-13-23(24)25/h5-9,11-14,17-19H,10,15-16H2,1-4H3. The van der Waals surface area contributed by atoms with Crippen molar-refractivity contribution in [3.63, 3.8) is 0 Å². The molecule has 5 nitrogen and oxygen atoms in total. The lowest BCUT2D eigenvalue weighted by Gasteiger charge is -2.22. The maximum Gasteiger partial charge on any atom is 0.260 e. The summed E-state index contributed by atoms with van der Waals surface area (Å²) in [5.74, 6) is -0.0435. The van der Waals surface area contributed by atoms with E-state index < -0.39 is 0 Å². The van der Waals surface area contributed by atoms with Crippen molar-refractivity contribution in [2.45, 2.75) is 20.3 Å². The first kappa shape index (κ1) is 24.1. The van der Waals surface area contributed by atoms with Crippen molar-refractivity contribution in [3.05, 3.63) is 89.5 Å². The van der Waals surface area contributed by atoms with Crippen LogP contribution in [0.2, 0.25) is 0 Å². The highest BCUT2D eigenvalue weighted by Crippen LogP contribution is 2.34. The van der Waals surface area contributed by atoms with Gasteiger partial charge in [-0.05, 0) is 70.2 Å². The van der Waals surface area contributed by atoms with E-state index in [9.17, 15) is 4.79 Å². The lowest BCUT2D eigenvalue weighted by molar-refractivity contribution is 0.0987. The number of thiazole rings is 1. The molecule has 5 aromatic rings. The first-order chi connectivity index (χ1) is 17.4. The van der Waals surface area contributed by atoms with Crippen molar-refractivity contribution in [3.8, 4) is 11.3 Å². The van der Waals surface area contributed by atoms with Crippen LogP contribution in [0.5, 0.6) is 0 Å². The van der Waals surface area contributed by atoms with Crippen LogP contribution in [0, 0.1) is 13.8 Å². The average molecular weight is 495 g/mol. The zero-order chi connectivity index (χ0) is 25.2. The van der Waals surface area contributed by atoms with E-state index >= 15 is 0 Å². The van der Waals surface area contributed by atoms with E-state index in [-0.39, 0.29) is 5.91 Å². The minimum absolute atomic E-state index is 0.0435. The molecule has 36 heavy (non-hydrogen) atoms. The van der Waals surface area contributed by atoms with Crippen LogP contribution >= 0.6 is 11.3 Å². The monoisotopic (exact) mass is 494 g/mol. The summed E-state index contributed by atoms with van der Waals surface area (Å²) in [6.45, 7) is 5.66. The van der Waals surface area contributed by atoms with E-state index in [1.807, 2.05) is 65.6 Å². The molecule has 0 aliphatic rings. The van der Waals surface area contributed by atoms with E-state index in [1.54, 1.807) is 11.3 Å². The van der Waals surface area contributed by atoms with Gasteiger partial charge in [-0.3, -0.25) is 9.69 Å². The molecule has 0 atom stereocenters. The molecule has 0 N–H and O–H groups in total. The van der Waals surface area contributed by atoms with Crippen LogP contribution in [0.4, 0.5) is 5.13 Å². The first-order valence-corrected chi connectivity index (χ1v) is 13.0. The second-order valence-corrected chi connectivity index (χ2v) is 10.5. The summed E-state index contributed by atoms with van der Waals surface area (Å²) >= 11 is 1.59. The maximum atomic E-state index is 14.3. The Hall–Kier alpha value is -3.61. The molecule has 0 unspecified atom stereocenters. The SMILES string of the molecule is Cc1cc(C)c2nc(N(CCCN(C)C)C(=O)c3cc(-c4ccccc4)nc4ccccc34)sc2c1. The van der Waals surface area contributed by atoms with Crippen molar-refractivity contribution >= 4 is 43.5 Å². The fourth-order valence-electron chi connectivity index (χ4n) is 4.56. The van der Waals surface area contributed by atoms with Gasteiger partial charge in [0.05, 0.1) is 27.0 Å². The number of carbonyl (C=O) groups excluding carboxylic acids is 1. The van der Waals surface area contributed by atoms with Crippen LogP contribution in [0.25, 0.3) is 32.4 Å². The molecule has 182 valence electrons. The lowest BCUT2D eigenvalue weighted by Crippen LogP contribution is -2.33. The molecule has 0 aliphatic heterocycles. The van der Waals surface area contributed by atoms with Gasteiger partial charge < -0.3 is 4.90 Å². The van der Waals surface area contributed by atoms with Gasteiger partial charge in [-0.25, -0.2) is 9.97 Å². The van der Waals surface area contributed by atoms with E-state index in [2.05, 4.69) is 45.0 Å². The highest BCUT2D eigenvalue weighted by Gasteiger charge is 2.24. The molecule has 0 spiro atoms. The topological polar surface area (TPSA) is 49.3 Å². The normalized spacial score (nSPS) is 11.5. The number of aryl methyl sites for hydroxylation is 2. The number of hydrogen-bond donors (Lipinski definition) is 0. The number of anilines is 1. The van der Waals surface area contributed by atoms with Gasteiger partial charge >= 0.3 is 0 Å². The highest BCUT2D eigenvalue weighted by atomic mass is 32.1. The Kier molecular flexibility index (Phi) is 6.81. The summed E-state index contributed by atoms with van der Waals surface area (Å²) in [5, 5.41) is 1.59. The molecule has 3 aromatic carbocycles. The van der Waals surface area contributed by atoms with Crippen molar-refractivity contribution in [2.75, 3.05) is 32.1 Å². The minimum Gasteiger partial charge on any atom is -0.309 e. The Bertz CT molecular complexity index is 1540. The molecular weight excluding hydrogens is 464 g/mol. The molecule has 6 heteroatoms. The van der Waals surface area contributed by atoms with Crippen molar-refractivity contribution < 1.29 is 4.79 Å². The lowest BCUT2D eigenvalue weighted by atomic mass is 10.0. The number of rotatable bonds is 7. The summed E-state index contributed by atoms with van der Waals surface area (Å²) in [7, 11) is 4.11. The summed E-state index contributed by atoms with van der Waals surface area (Å²) in [6.07, 6.45) is 0.848. The van der Waals surface area contributed by atoms with Crippen LogP contribution in [0.3, 0.4) is 0 Å². The van der Waals surface area contributed by atoms with Gasteiger partial charge in [-0.15, -0.1) is 0 Å². The molecule has 5 rings (SSSR count). The molecule has 2 aromatic heterocycles. The second kappa shape index (κ2) is 10.2. The van der Waals surface area contributed by atoms with Crippen LogP contribution < -0.4 is 4.90 Å². The Morgan fingerprint density at radius 1 is 0.889 bits per heavy atom. The zero-order valence-electron chi connectivity index (χ0n) is 21.2. The third kappa shape index (κ3) is 4.87. The minimum atomic E-state index is -0.0435. The Balaban J connectivity index is 1.63. The number of pyridine rings is 1. The fraction of sp³-hybridized carbons (Fsp3) is 0.233. The Morgan fingerprint density at radius 3 is 2.42 bits per heavy atom. The van der Waals surface area contributed by atoms with Crippen LogP contribution in [-0.4, -0.2) is 48.0 Å². The highest BCUT2D eigenvalue weighted by molar-refractivity contribution is 7.22. The molecule has 0 saturated carbocycles. The number of benzene rings is 3. The number of nitrogens with zero attached hydrogens (tertiary/aromatic N) is 4. The predicted octanol–water partition coefficient (Wildman–Crippen LogP) is 6.73. The van der Waals surface area contributed by atoms with Gasteiger partial charge in [0, 0.05) is 17.5 Å². The molecule has 0 saturated heterocycles. The Labute approximate surface area is 216 Å².